The molecule has 4 aliphatic carbocycles. The van der Waals surface area contributed by atoms with Crippen molar-refractivity contribution in [2.75, 3.05) is 33.0 Å². The zero-order valence-electron chi connectivity index (χ0n) is 53.5. The van der Waals surface area contributed by atoms with Crippen LogP contribution in [-0.2, 0) is 61.8 Å². The molecule has 0 radical (unpaired) electrons. The highest BCUT2D eigenvalue weighted by molar-refractivity contribution is 5.90. The first-order valence-corrected chi connectivity index (χ1v) is 32.1. The van der Waals surface area contributed by atoms with Crippen molar-refractivity contribution in [2.45, 2.75) is 279 Å². The molecule has 5 heterocycles. The summed E-state index contributed by atoms with van der Waals surface area (Å²) in [6, 6.07) is -3.15. The number of carbonyl (C=O) groups excluding carboxylic acids is 3. The summed E-state index contributed by atoms with van der Waals surface area (Å²) in [6.45, 7) is 12.4. The van der Waals surface area contributed by atoms with E-state index in [0.717, 1.165) is 30.6 Å². The van der Waals surface area contributed by atoms with Crippen LogP contribution in [-0.4, -0.2) is 292 Å². The maximum absolute atomic E-state index is 13.4. The highest BCUT2D eigenvalue weighted by Gasteiger charge is 2.68. The minimum Gasteiger partial charge on any atom is -0.394 e. The standard InChI is InChI=1S/C62H100N2O28/c1-24(2)16-28(70)17-25(3)30-18-31(71)39-29-10-11-37-59(6,7)38(12-13-61(37,9)62(29,82)15-14-60(30,39)8)90-58-52(46(76)36(23-84-58)89-54-40(63-26(4)68)47(77)42(72)32(19-65)85-54)91-55-41(64-27(5)69)48(78)45(75)35(88-55)22-83-57-53(50(80)44(74)34(21-67)87-57)92-56-51(81)49(79)43(73)33(20-66)86-56/h16,25,30-38,40-58,65-67,71-82H,10-15,17-23H2,1-9H3,(H,63,68)(H,64,69)/t25-,30-,31+,32-,33-,34-,35-,36+,37+,38+,40-,41-,42+,43+,44+,45-,46+,47-,48-,49+,50+,51-,52-,53-,54+,55+,56+,57-,58+,60-,61+,62-/m1/s1. The summed E-state index contributed by atoms with van der Waals surface area (Å²) in [7, 11) is 0. The fourth-order valence-corrected chi connectivity index (χ4v) is 16.9. The summed E-state index contributed by atoms with van der Waals surface area (Å²) < 4.78 is 61.6. The van der Waals surface area contributed by atoms with Crippen LogP contribution in [0.4, 0.5) is 0 Å². The number of aliphatic hydroxyl groups excluding tert-OH is 14. The predicted octanol–water partition coefficient (Wildman–Crippen LogP) is -4.60. The van der Waals surface area contributed by atoms with E-state index in [9.17, 15) is 91.0 Å². The lowest BCUT2D eigenvalue weighted by molar-refractivity contribution is -0.380. The van der Waals surface area contributed by atoms with Crippen LogP contribution >= 0.6 is 0 Å². The van der Waals surface area contributed by atoms with E-state index in [2.05, 4.69) is 31.4 Å². The van der Waals surface area contributed by atoms with Gasteiger partial charge in [0.05, 0.1) is 50.8 Å². The molecule has 0 aromatic heterocycles. The van der Waals surface area contributed by atoms with Gasteiger partial charge in [0, 0.05) is 25.7 Å². The molecule has 92 heavy (non-hydrogen) atoms. The predicted molar refractivity (Wildman–Crippen MR) is 312 cm³/mol. The number of ketones is 1. The molecule has 0 aromatic carbocycles. The number of aliphatic hydroxyl groups is 15. The van der Waals surface area contributed by atoms with Crippen molar-refractivity contribution < 1.29 is 138 Å². The van der Waals surface area contributed by atoms with Crippen molar-refractivity contribution in [2.24, 2.45) is 34.0 Å². The first-order valence-electron chi connectivity index (χ1n) is 32.1. The Bertz CT molecular complexity index is 2630. The lowest BCUT2D eigenvalue weighted by Gasteiger charge is -2.65. The van der Waals surface area contributed by atoms with Crippen molar-refractivity contribution in [3.8, 4) is 0 Å². The number of hydrogen-bond donors (Lipinski definition) is 17. The third-order valence-electron chi connectivity index (χ3n) is 21.8. The third kappa shape index (κ3) is 13.8. The second-order valence-corrected chi connectivity index (χ2v) is 28.4. The van der Waals surface area contributed by atoms with Crippen LogP contribution in [0, 0.1) is 34.0 Å². The second kappa shape index (κ2) is 28.9. The van der Waals surface area contributed by atoms with E-state index in [1.807, 2.05) is 27.7 Å². The van der Waals surface area contributed by atoms with Crippen LogP contribution in [0.3, 0.4) is 0 Å². The Kier molecular flexibility index (Phi) is 23.0. The molecule has 8 fully saturated rings. The molecule has 5 saturated heterocycles. The number of allylic oxidation sites excluding steroid dienone is 2. The van der Waals surface area contributed by atoms with Gasteiger partial charge in [-0.15, -0.1) is 0 Å². The molecule has 32 atom stereocenters. The van der Waals surface area contributed by atoms with Gasteiger partial charge in [-0.25, -0.2) is 0 Å². The molecule has 3 saturated carbocycles. The van der Waals surface area contributed by atoms with E-state index in [0.29, 0.717) is 51.4 Å². The van der Waals surface area contributed by atoms with E-state index >= 15 is 0 Å². The van der Waals surface area contributed by atoms with E-state index in [4.69, 9.17) is 47.4 Å². The van der Waals surface area contributed by atoms with Crippen LogP contribution in [0.1, 0.15) is 114 Å². The van der Waals surface area contributed by atoms with Gasteiger partial charge in [-0.05, 0) is 105 Å². The highest BCUT2D eigenvalue weighted by atomic mass is 16.8. The minimum absolute atomic E-state index is 0.00626. The molecule has 2 amide bonds. The van der Waals surface area contributed by atoms with E-state index in [1.165, 1.54) is 0 Å². The Balaban J connectivity index is 1.000. The number of hydrogen-bond acceptors (Lipinski definition) is 28. The molecule has 30 nitrogen and oxygen atoms in total. The number of amides is 2. The fraction of sp³-hybridized carbons (Fsp3) is 0.887. The number of rotatable bonds is 20. The first-order chi connectivity index (χ1) is 43.2. The minimum atomic E-state index is -2.01. The normalized spacial score (nSPS) is 48.1. The lowest BCUT2D eigenvalue weighted by atomic mass is 9.42. The summed E-state index contributed by atoms with van der Waals surface area (Å²) in [6.07, 6.45) is -35.5. The lowest BCUT2D eigenvalue weighted by Crippen LogP contribution is -2.69. The van der Waals surface area contributed by atoms with E-state index in [1.54, 1.807) is 6.08 Å². The Morgan fingerprint density at radius 3 is 1.71 bits per heavy atom. The molecule has 0 aromatic rings. The van der Waals surface area contributed by atoms with Gasteiger partial charge >= 0.3 is 0 Å². The number of ether oxygens (including phenoxy) is 10. The van der Waals surface area contributed by atoms with Gasteiger partial charge in [0.2, 0.25) is 11.8 Å². The molecule has 5 aliphatic heterocycles. The van der Waals surface area contributed by atoms with E-state index < -0.39 is 226 Å². The molecule has 9 aliphatic rings. The molecule has 526 valence electrons. The van der Waals surface area contributed by atoms with Crippen molar-refractivity contribution >= 4 is 17.6 Å². The summed E-state index contributed by atoms with van der Waals surface area (Å²) in [4.78, 5) is 38.5. The zero-order valence-corrected chi connectivity index (χ0v) is 53.5. The Morgan fingerprint density at radius 2 is 1.12 bits per heavy atom. The smallest absolute Gasteiger partial charge is 0.217 e. The summed E-state index contributed by atoms with van der Waals surface area (Å²) >= 11 is 0. The fourth-order valence-electron chi connectivity index (χ4n) is 16.9. The van der Waals surface area contributed by atoms with E-state index in [-0.39, 0.29) is 23.5 Å². The Hall–Kier alpha value is -2.91. The Labute approximate surface area is 533 Å². The van der Waals surface area contributed by atoms with Gasteiger partial charge in [0.1, 0.15) is 116 Å². The van der Waals surface area contributed by atoms with Crippen LogP contribution < -0.4 is 10.6 Å². The topological polar surface area (TPSA) is 471 Å². The van der Waals surface area contributed by atoms with Crippen molar-refractivity contribution in [3.05, 3.63) is 22.8 Å². The number of nitrogens with one attached hydrogen (secondary N) is 2. The van der Waals surface area contributed by atoms with Gasteiger partial charge in [-0.1, -0.05) is 40.2 Å². The summed E-state index contributed by atoms with van der Waals surface area (Å²) in [5.74, 6) is -1.67. The maximum atomic E-state index is 13.4. The van der Waals surface area contributed by atoms with Gasteiger partial charge in [0.25, 0.3) is 0 Å². The molecule has 17 N–H and O–H groups in total. The summed E-state index contributed by atoms with van der Waals surface area (Å²) in [5.41, 5.74) is -0.732. The van der Waals surface area contributed by atoms with Crippen molar-refractivity contribution in [3.63, 3.8) is 0 Å². The van der Waals surface area contributed by atoms with Gasteiger partial charge < -0.3 is 135 Å². The highest BCUT2D eigenvalue weighted by Crippen LogP contribution is 2.70. The van der Waals surface area contributed by atoms with Gasteiger partial charge in [0.15, 0.2) is 37.2 Å². The SMILES string of the molecule is CC(=O)N[C@H]1[C@H](O[C@H]2CO[C@@H](O[C@H]3CC[C@@]4(C)[C@@H](CCC5=C6[C@@H](O)C[C@H]([C@H](C)CC(=O)C=C(C)C)[C@@]6(C)CC[C@@]54O)C3(C)C)[C@H](O[C@@H]3O[C@H](CO[C@@H]4O[C@H](CO)[C@H](O)[C@H](O)[C@H]4O[C@@H]4O[C@H](CO)[C@H](O)[C@H](O)[C@H]4O)[C@@H](O)[C@H](O)[C@H]3NC(C)=O)[C@H]2O)O[C@H](CO)[C@H](O)[C@@H]1O. The monoisotopic (exact) mass is 1320 g/mol. The largest absolute Gasteiger partial charge is 0.394 e. The van der Waals surface area contributed by atoms with Crippen LogP contribution in [0.2, 0.25) is 0 Å². The van der Waals surface area contributed by atoms with Crippen LogP contribution in [0.5, 0.6) is 0 Å². The van der Waals surface area contributed by atoms with Crippen molar-refractivity contribution in [1.82, 2.24) is 10.6 Å². The van der Waals surface area contributed by atoms with Gasteiger partial charge in [-0.2, -0.15) is 0 Å². The number of carbonyl (C=O) groups is 3. The molecule has 0 bridgehead atoms. The van der Waals surface area contributed by atoms with Crippen LogP contribution in [0.25, 0.3) is 0 Å². The average molecular weight is 1320 g/mol. The zero-order chi connectivity index (χ0) is 67.6. The number of fused-ring (bicyclic) bond motifs is 4. The quantitative estimate of drug-likeness (QED) is 0.0310. The molecular formula is C62H100N2O28. The van der Waals surface area contributed by atoms with Crippen molar-refractivity contribution in [1.29, 1.82) is 0 Å². The molecule has 9 rings (SSSR count). The summed E-state index contributed by atoms with van der Waals surface area (Å²) in [5, 5.41) is 173. The third-order valence-corrected chi connectivity index (χ3v) is 21.8. The van der Waals surface area contributed by atoms with Gasteiger partial charge in [-0.3, -0.25) is 14.4 Å². The molecular weight excluding hydrogens is 1220 g/mol. The molecule has 0 spiro atoms. The second-order valence-electron chi connectivity index (χ2n) is 28.4. The van der Waals surface area contributed by atoms with Crippen LogP contribution in [0.15, 0.2) is 22.8 Å². The molecule has 30 heteroatoms. The average Bonchev–Trinajstić information content (AvgIpc) is 0.905. The molecule has 0 unspecified atom stereocenters. The maximum Gasteiger partial charge on any atom is 0.217 e. The Morgan fingerprint density at radius 1 is 0.598 bits per heavy atom. The first kappa shape index (κ1) is 73.3.